The van der Waals surface area contributed by atoms with Crippen LogP contribution in [0, 0.1) is 0 Å². The van der Waals surface area contributed by atoms with Crippen LogP contribution in [0.4, 0.5) is 0 Å². The highest BCUT2D eigenvalue weighted by atomic mass is 16.1. The van der Waals surface area contributed by atoms with Gasteiger partial charge < -0.3 is 10.6 Å². The number of rotatable bonds is 6. The molecule has 0 saturated carbocycles. The first-order valence-electron chi connectivity index (χ1n) is 4.26. The fourth-order valence-corrected chi connectivity index (χ4v) is 1.53. The lowest BCUT2D eigenvalue weighted by atomic mass is 9.87. The zero-order valence-corrected chi connectivity index (χ0v) is 8.68. The average molecular weight is 186 g/mol. The Morgan fingerprint density at radius 3 is 1.46 bits per heavy atom. The first-order valence-corrected chi connectivity index (χ1v) is 4.26. The van der Waals surface area contributed by atoms with E-state index in [1.54, 1.807) is 0 Å². The number of hydrogen-bond acceptors (Lipinski definition) is 2. The van der Waals surface area contributed by atoms with Crippen molar-refractivity contribution >= 4 is 12.8 Å². The summed E-state index contributed by atoms with van der Waals surface area (Å²) < 4.78 is 0. The van der Waals surface area contributed by atoms with Gasteiger partial charge in [-0.2, -0.15) is 0 Å². The van der Waals surface area contributed by atoms with Crippen LogP contribution in [0.15, 0.2) is 0 Å². The van der Waals surface area contributed by atoms with Crippen LogP contribution in [0.2, 0.25) is 0 Å². The molecule has 0 rings (SSSR count). The summed E-state index contributed by atoms with van der Waals surface area (Å²) in [7, 11) is 0. The van der Waals surface area contributed by atoms with Crippen LogP contribution in [0.5, 0.6) is 0 Å². The molecule has 0 spiro atoms. The first-order chi connectivity index (χ1) is 5.83. The van der Waals surface area contributed by atoms with Crippen LogP contribution in [-0.4, -0.2) is 23.9 Å². The lowest BCUT2D eigenvalue weighted by Gasteiger charge is -2.34. The van der Waals surface area contributed by atoms with E-state index in [4.69, 9.17) is 0 Å². The van der Waals surface area contributed by atoms with Gasteiger partial charge in [-0.25, -0.2) is 0 Å². The Morgan fingerprint density at radius 1 is 0.923 bits per heavy atom. The quantitative estimate of drug-likeness (QED) is 0.591. The number of nitrogens with one attached hydrogen (secondary N) is 2. The van der Waals surface area contributed by atoms with Crippen LogP contribution in [0.25, 0.3) is 0 Å². The van der Waals surface area contributed by atoms with Gasteiger partial charge in [0.2, 0.25) is 12.8 Å². The van der Waals surface area contributed by atoms with Crippen molar-refractivity contribution in [3.05, 3.63) is 0 Å². The van der Waals surface area contributed by atoms with Gasteiger partial charge in [-0.3, -0.25) is 9.59 Å². The molecule has 0 aliphatic carbocycles. The molecule has 0 aromatic heterocycles. The number of hydrogen-bond donors (Lipinski definition) is 2. The fraction of sp³-hybridized carbons (Fsp3) is 0.778. The van der Waals surface area contributed by atoms with Crippen LogP contribution < -0.4 is 10.6 Å². The fourth-order valence-electron chi connectivity index (χ4n) is 1.53. The molecule has 0 aromatic carbocycles. The molecule has 0 aliphatic heterocycles. The summed E-state index contributed by atoms with van der Waals surface area (Å²) in [5.41, 5.74) is -0.609. The van der Waals surface area contributed by atoms with Gasteiger partial charge in [-0.1, -0.05) is 0 Å². The summed E-state index contributed by atoms with van der Waals surface area (Å²) >= 11 is 0. The molecular formula is C9H18N2O2. The van der Waals surface area contributed by atoms with Gasteiger partial charge in [-0.15, -0.1) is 0 Å². The molecule has 0 aromatic rings. The molecule has 0 fully saturated rings. The van der Waals surface area contributed by atoms with Crippen LogP contribution in [0.1, 0.15) is 34.1 Å². The molecule has 76 valence electrons. The van der Waals surface area contributed by atoms with Crippen LogP contribution in [-0.2, 0) is 9.59 Å². The van der Waals surface area contributed by atoms with Crippen LogP contribution >= 0.6 is 0 Å². The minimum absolute atomic E-state index is 0.304. The van der Waals surface area contributed by atoms with Gasteiger partial charge in [0, 0.05) is 11.1 Å². The van der Waals surface area contributed by atoms with E-state index in [-0.39, 0.29) is 11.1 Å². The second-order valence-corrected chi connectivity index (χ2v) is 4.47. The van der Waals surface area contributed by atoms with Crippen LogP contribution in [0.3, 0.4) is 0 Å². The van der Waals surface area contributed by atoms with Crippen molar-refractivity contribution in [1.29, 1.82) is 0 Å². The molecule has 0 bridgehead atoms. The van der Waals surface area contributed by atoms with E-state index in [9.17, 15) is 9.59 Å². The highest BCUT2D eigenvalue weighted by Gasteiger charge is 2.27. The van der Waals surface area contributed by atoms with Gasteiger partial charge in [-0.05, 0) is 34.1 Å². The van der Waals surface area contributed by atoms with E-state index >= 15 is 0 Å². The van der Waals surface area contributed by atoms with Crippen molar-refractivity contribution in [1.82, 2.24) is 10.6 Å². The molecule has 0 heterocycles. The maximum atomic E-state index is 10.3. The lowest BCUT2D eigenvalue weighted by molar-refractivity contribution is -0.111. The number of carbonyl (C=O) groups is 2. The van der Waals surface area contributed by atoms with E-state index in [0.717, 1.165) is 0 Å². The second kappa shape index (κ2) is 4.25. The van der Waals surface area contributed by atoms with E-state index in [0.29, 0.717) is 19.2 Å². The summed E-state index contributed by atoms with van der Waals surface area (Å²) in [6.45, 7) is 7.65. The summed E-state index contributed by atoms with van der Waals surface area (Å²) in [5, 5.41) is 5.40. The predicted octanol–water partition coefficient (Wildman–Crippen LogP) is 0.426. The number of amides is 2. The molecule has 13 heavy (non-hydrogen) atoms. The summed E-state index contributed by atoms with van der Waals surface area (Å²) in [4.78, 5) is 20.5. The highest BCUT2D eigenvalue weighted by molar-refractivity contribution is 5.49. The molecule has 0 atom stereocenters. The minimum atomic E-state index is -0.304. The molecule has 4 nitrogen and oxygen atoms in total. The van der Waals surface area contributed by atoms with Crippen molar-refractivity contribution in [2.75, 3.05) is 0 Å². The maximum absolute atomic E-state index is 10.3. The topological polar surface area (TPSA) is 58.2 Å². The normalized spacial score (nSPS) is 12.0. The maximum Gasteiger partial charge on any atom is 0.207 e. The molecule has 0 unspecified atom stereocenters. The molecule has 0 saturated heterocycles. The Kier molecular flexibility index (Phi) is 3.91. The lowest BCUT2D eigenvalue weighted by Crippen LogP contribution is -2.49. The Labute approximate surface area is 79.1 Å². The molecule has 0 aliphatic rings. The largest absolute Gasteiger partial charge is 0.354 e. The number of carbonyl (C=O) groups excluding carboxylic acids is 2. The molecular weight excluding hydrogens is 168 g/mol. The van der Waals surface area contributed by atoms with E-state index in [2.05, 4.69) is 10.6 Å². The van der Waals surface area contributed by atoms with Crippen molar-refractivity contribution in [3.8, 4) is 0 Å². The van der Waals surface area contributed by atoms with Gasteiger partial charge in [0.25, 0.3) is 0 Å². The van der Waals surface area contributed by atoms with E-state index < -0.39 is 0 Å². The SMILES string of the molecule is CC(C)(CC(C)(C)NC=O)NC=O. The summed E-state index contributed by atoms with van der Waals surface area (Å²) in [6, 6.07) is 0. The van der Waals surface area contributed by atoms with Gasteiger partial charge >= 0.3 is 0 Å². The smallest absolute Gasteiger partial charge is 0.207 e. The minimum Gasteiger partial charge on any atom is -0.354 e. The Balaban J connectivity index is 4.22. The molecule has 4 heteroatoms. The van der Waals surface area contributed by atoms with Crippen molar-refractivity contribution < 1.29 is 9.59 Å². The summed E-state index contributed by atoms with van der Waals surface area (Å²) in [6.07, 6.45) is 2.03. The summed E-state index contributed by atoms with van der Waals surface area (Å²) in [5.74, 6) is 0. The monoisotopic (exact) mass is 186 g/mol. The van der Waals surface area contributed by atoms with Crippen molar-refractivity contribution in [2.24, 2.45) is 0 Å². The molecule has 0 radical (unpaired) electrons. The third kappa shape index (κ3) is 5.22. The van der Waals surface area contributed by atoms with Gasteiger partial charge in [0.05, 0.1) is 0 Å². The van der Waals surface area contributed by atoms with Gasteiger partial charge in [0.1, 0.15) is 0 Å². The molecule has 2 amide bonds. The third-order valence-electron chi connectivity index (χ3n) is 1.78. The van der Waals surface area contributed by atoms with E-state index in [1.165, 1.54) is 0 Å². The Bertz CT molecular complexity index is 168. The Hall–Kier alpha value is -1.06. The third-order valence-corrected chi connectivity index (χ3v) is 1.78. The Morgan fingerprint density at radius 2 is 1.23 bits per heavy atom. The highest BCUT2D eigenvalue weighted by Crippen LogP contribution is 2.18. The average Bonchev–Trinajstić information content (AvgIpc) is 1.82. The second-order valence-electron chi connectivity index (χ2n) is 4.47. The first kappa shape index (κ1) is 11.9. The molecule has 2 N–H and O–H groups in total. The standard InChI is InChI=1S/C9H18N2O2/c1-8(2,10-6-12)5-9(3,4)11-7-13/h6-7H,5H2,1-4H3,(H,10,12)(H,11,13). The zero-order valence-electron chi connectivity index (χ0n) is 8.68. The van der Waals surface area contributed by atoms with E-state index in [1.807, 2.05) is 27.7 Å². The predicted molar refractivity (Wildman–Crippen MR) is 51.2 cm³/mol. The zero-order chi connectivity index (χ0) is 10.5. The van der Waals surface area contributed by atoms with Crippen molar-refractivity contribution in [3.63, 3.8) is 0 Å². The van der Waals surface area contributed by atoms with Crippen molar-refractivity contribution in [2.45, 2.75) is 45.2 Å². The van der Waals surface area contributed by atoms with Gasteiger partial charge in [0.15, 0.2) is 0 Å².